The second-order valence-corrected chi connectivity index (χ2v) is 5.13. The summed E-state index contributed by atoms with van der Waals surface area (Å²) >= 11 is 0. The van der Waals surface area contributed by atoms with Crippen molar-refractivity contribution in [1.29, 1.82) is 0 Å². The van der Waals surface area contributed by atoms with Gasteiger partial charge in [-0.1, -0.05) is 11.6 Å². The van der Waals surface area contributed by atoms with Crippen LogP contribution in [-0.2, 0) is 9.31 Å². The first kappa shape index (κ1) is 12.8. The highest BCUT2D eigenvalue weighted by molar-refractivity contribution is 6.46. The molecule has 0 saturated carbocycles. The van der Waals surface area contributed by atoms with Crippen LogP contribution in [0.25, 0.3) is 0 Å². The van der Waals surface area contributed by atoms with E-state index in [9.17, 15) is 0 Å². The van der Waals surface area contributed by atoms with Crippen LogP contribution in [0.15, 0.2) is 11.6 Å². The summed E-state index contributed by atoms with van der Waals surface area (Å²) in [6.45, 7) is 10.1. The third-order valence-corrected chi connectivity index (χ3v) is 3.21. The first-order valence-electron chi connectivity index (χ1n) is 5.40. The van der Waals surface area contributed by atoms with Crippen LogP contribution in [-0.4, -0.2) is 30.0 Å². The molecule has 0 aliphatic carbocycles. The normalized spacial score (nSPS) is 24.7. The Morgan fingerprint density at radius 1 is 1.20 bits per heavy atom. The van der Waals surface area contributed by atoms with Crippen molar-refractivity contribution >= 4 is 7.12 Å². The smallest absolute Gasteiger partial charge is 0.403 e. The van der Waals surface area contributed by atoms with Crippen LogP contribution in [0.1, 0.15) is 34.6 Å². The number of allylic oxidation sites excluding steroid dienone is 1. The summed E-state index contributed by atoms with van der Waals surface area (Å²) in [5.74, 6) is 0. The van der Waals surface area contributed by atoms with E-state index in [0.29, 0.717) is 6.32 Å². The van der Waals surface area contributed by atoms with Gasteiger partial charge in [-0.25, -0.2) is 0 Å². The monoisotopic (exact) mass is 212 g/mol. The maximum absolute atomic E-state index is 8.86. The Balaban J connectivity index is 2.57. The highest BCUT2D eigenvalue weighted by atomic mass is 16.7. The van der Waals surface area contributed by atoms with Crippen molar-refractivity contribution in [2.45, 2.75) is 52.1 Å². The molecule has 0 atom stereocenters. The zero-order chi connectivity index (χ0) is 11.7. The van der Waals surface area contributed by atoms with Gasteiger partial charge in [0, 0.05) is 6.32 Å². The molecule has 4 heteroatoms. The molecule has 0 aromatic carbocycles. The molecule has 1 N–H and O–H groups in total. The maximum Gasteiger partial charge on any atom is 0.461 e. The molecule has 0 bridgehead atoms. The number of hydrogen-bond acceptors (Lipinski definition) is 3. The zero-order valence-corrected chi connectivity index (χ0v) is 10.3. The quantitative estimate of drug-likeness (QED) is 0.574. The predicted molar refractivity (Wildman–Crippen MR) is 61.7 cm³/mol. The summed E-state index contributed by atoms with van der Waals surface area (Å²) < 4.78 is 11.6. The highest BCUT2D eigenvalue weighted by Gasteiger charge is 2.50. The van der Waals surface area contributed by atoms with Crippen LogP contribution in [0.3, 0.4) is 0 Å². The molecule has 1 rings (SSSR count). The lowest BCUT2D eigenvalue weighted by Gasteiger charge is -2.32. The van der Waals surface area contributed by atoms with Gasteiger partial charge < -0.3 is 14.4 Å². The molecule has 0 amide bonds. The van der Waals surface area contributed by atoms with Crippen molar-refractivity contribution in [2.24, 2.45) is 0 Å². The molecule has 15 heavy (non-hydrogen) atoms. The Morgan fingerprint density at radius 2 is 1.67 bits per heavy atom. The molecule has 0 aromatic rings. The fourth-order valence-electron chi connectivity index (χ4n) is 1.42. The van der Waals surface area contributed by atoms with E-state index in [1.165, 1.54) is 0 Å². The molecule has 0 radical (unpaired) electrons. The molecular formula is C11H21BO3. The van der Waals surface area contributed by atoms with Crippen LogP contribution < -0.4 is 0 Å². The molecule has 1 saturated heterocycles. The van der Waals surface area contributed by atoms with E-state index in [1.807, 2.05) is 40.7 Å². The molecule has 0 aromatic heterocycles. The molecule has 0 unspecified atom stereocenters. The third-order valence-electron chi connectivity index (χ3n) is 3.21. The number of aliphatic hydroxyl groups excluding tert-OH is 1. The zero-order valence-electron chi connectivity index (χ0n) is 10.3. The molecular weight excluding hydrogens is 191 g/mol. The minimum absolute atomic E-state index is 0.0967. The maximum atomic E-state index is 8.86. The van der Waals surface area contributed by atoms with Gasteiger partial charge in [0.2, 0.25) is 0 Å². The van der Waals surface area contributed by atoms with E-state index < -0.39 is 0 Å². The van der Waals surface area contributed by atoms with Crippen molar-refractivity contribution < 1.29 is 14.4 Å². The van der Waals surface area contributed by atoms with Crippen molar-refractivity contribution in [3.63, 3.8) is 0 Å². The fourth-order valence-corrected chi connectivity index (χ4v) is 1.42. The molecule has 1 aliphatic rings. The molecule has 3 nitrogen and oxygen atoms in total. The van der Waals surface area contributed by atoms with Crippen molar-refractivity contribution in [3.05, 3.63) is 11.6 Å². The lowest BCUT2D eigenvalue weighted by molar-refractivity contribution is 0.00578. The second kappa shape index (κ2) is 4.28. The standard InChI is InChI=1S/C11H21BO3/c1-9(8-13)6-7-12-14-10(2,3)11(4,5)15-12/h6,13H,7-8H2,1-5H3/b9-6+. The number of hydrogen-bond donors (Lipinski definition) is 1. The van der Waals surface area contributed by atoms with Gasteiger partial charge in [-0.05, 0) is 34.6 Å². The van der Waals surface area contributed by atoms with Gasteiger partial charge in [0.05, 0.1) is 17.8 Å². The summed E-state index contributed by atoms with van der Waals surface area (Å²) in [4.78, 5) is 0. The Hall–Kier alpha value is -0.315. The Labute approximate surface area is 92.6 Å². The first-order chi connectivity index (χ1) is 6.78. The number of aliphatic hydroxyl groups is 1. The van der Waals surface area contributed by atoms with Crippen LogP contribution in [0.4, 0.5) is 0 Å². The van der Waals surface area contributed by atoms with Crippen LogP contribution in [0.2, 0.25) is 6.32 Å². The lowest BCUT2D eigenvalue weighted by atomic mass is 9.84. The van der Waals surface area contributed by atoms with E-state index in [1.54, 1.807) is 0 Å². The molecule has 0 spiro atoms. The van der Waals surface area contributed by atoms with Gasteiger partial charge in [0.25, 0.3) is 0 Å². The van der Waals surface area contributed by atoms with Gasteiger partial charge in [-0.2, -0.15) is 0 Å². The van der Waals surface area contributed by atoms with Crippen molar-refractivity contribution in [2.75, 3.05) is 6.61 Å². The first-order valence-corrected chi connectivity index (χ1v) is 5.40. The van der Waals surface area contributed by atoms with Crippen molar-refractivity contribution in [1.82, 2.24) is 0 Å². The van der Waals surface area contributed by atoms with E-state index in [2.05, 4.69) is 0 Å². The van der Waals surface area contributed by atoms with Gasteiger partial charge in [0.15, 0.2) is 0 Å². The SMILES string of the molecule is C/C(=C\CB1OC(C)(C)C(C)(C)O1)CO. The summed E-state index contributed by atoms with van der Waals surface area (Å²) in [5.41, 5.74) is 0.418. The molecule has 1 heterocycles. The van der Waals surface area contributed by atoms with Crippen LogP contribution in [0.5, 0.6) is 0 Å². The Bertz CT molecular complexity index is 243. The van der Waals surface area contributed by atoms with Crippen LogP contribution in [0, 0.1) is 0 Å². The second-order valence-electron chi connectivity index (χ2n) is 5.13. The predicted octanol–water partition coefficient (Wildman–Crippen LogP) is 2.02. The van der Waals surface area contributed by atoms with Crippen molar-refractivity contribution in [3.8, 4) is 0 Å². The van der Waals surface area contributed by atoms with Gasteiger partial charge in [-0.15, -0.1) is 0 Å². The average molecular weight is 212 g/mol. The Morgan fingerprint density at radius 3 is 2.07 bits per heavy atom. The van der Waals surface area contributed by atoms with Crippen LogP contribution >= 0.6 is 0 Å². The van der Waals surface area contributed by atoms with E-state index in [-0.39, 0.29) is 24.9 Å². The number of rotatable bonds is 3. The van der Waals surface area contributed by atoms with E-state index >= 15 is 0 Å². The summed E-state index contributed by atoms with van der Waals surface area (Å²) in [7, 11) is -0.198. The minimum atomic E-state index is -0.265. The van der Waals surface area contributed by atoms with E-state index in [4.69, 9.17) is 14.4 Å². The molecule has 86 valence electrons. The molecule has 1 fully saturated rings. The average Bonchev–Trinajstić information content (AvgIpc) is 2.31. The minimum Gasteiger partial charge on any atom is -0.403 e. The highest BCUT2D eigenvalue weighted by Crippen LogP contribution is 2.37. The summed E-state index contributed by atoms with van der Waals surface area (Å²) in [6, 6.07) is 0. The van der Waals surface area contributed by atoms with Gasteiger partial charge in [0.1, 0.15) is 0 Å². The van der Waals surface area contributed by atoms with E-state index in [0.717, 1.165) is 5.57 Å². The largest absolute Gasteiger partial charge is 0.461 e. The van der Waals surface area contributed by atoms with Gasteiger partial charge >= 0.3 is 7.12 Å². The third kappa shape index (κ3) is 2.83. The summed E-state index contributed by atoms with van der Waals surface area (Å²) in [6.07, 6.45) is 2.65. The molecule has 1 aliphatic heterocycles. The van der Waals surface area contributed by atoms with Gasteiger partial charge in [-0.3, -0.25) is 0 Å². The Kier molecular flexibility index (Phi) is 3.64. The topological polar surface area (TPSA) is 38.7 Å². The fraction of sp³-hybridized carbons (Fsp3) is 0.818. The lowest BCUT2D eigenvalue weighted by Crippen LogP contribution is -2.41. The summed E-state index contributed by atoms with van der Waals surface area (Å²) in [5, 5.41) is 8.86.